The number of phenols is 1. The summed E-state index contributed by atoms with van der Waals surface area (Å²) in [6.45, 7) is 0. The third-order valence-electron chi connectivity index (χ3n) is 6.11. The summed E-state index contributed by atoms with van der Waals surface area (Å²) in [6.07, 6.45) is 3.83. The molecule has 2 aromatic carbocycles. The molecule has 0 saturated heterocycles. The van der Waals surface area contributed by atoms with E-state index in [1.165, 1.54) is 32.4 Å². The molecule has 1 aliphatic carbocycles. The molecule has 2 aromatic rings. The lowest BCUT2D eigenvalue weighted by Crippen LogP contribution is -2.47. The summed E-state index contributed by atoms with van der Waals surface area (Å²) >= 11 is 0. The number of carbonyl (C=O) groups excluding carboxylic acids is 2. The normalized spacial score (nSPS) is 17.9. The Labute approximate surface area is 197 Å². The Hall–Kier alpha value is -3.53. The Kier molecular flexibility index (Phi) is 6.52. The van der Waals surface area contributed by atoms with Crippen molar-refractivity contribution in [1.29, 1.82) is 0 Å². The number of hydrogen-bond donors (Lipinski definition) is 3. The maximum Gasteiger partial charge on any atom is 0.338 e. The van der Waals surface area contributed by atoms with Gasteiger partial charge in [0, 0.05) is 5.70 Å². The number of aromatic hydroxyl groups is 1. The molecule has 0 aromatic heterocycles. The predicted octanol–water partition coefficient (Wildman–Crippen LogP) is 2.53. The van der Waals surface area contributed by atoms with Crippen molar-refractivity contribution >= 4 is 21.8 Å². The molecule has 1 unspecified atom stereocenters. The lowest BCUT2D eigenvalue weighted by atomic mass is 9.92. The summed E-state index contributed by atoms with van der Waals surface area (Å²) in [5.74, 6) is -1.36. The first-order chi connectivity index (χ1) is 16.2. The first-order valence-corrected chi connectivity index (χ1v) is 12.5. The minimum absolute atomic E-state index is 0.0450. The van der Waals surface area contributed by atoms with Crippen molar-refractivity contribution in [2.75, 3.05) is 20.0 Å². The molecule has 0 bridgehead atoms. The minimum atomic E-state index is -3.89. The number of aryl methyl sites for hydroxylation is 2. The van der Waals surface area contributed by atoms with Gasteiger partial charge in [-0.1, -0.05) is 12.1 Å². The number of methoxy groups -OCH3 is 2. The van der Waals surface area contributed by atoms with E-state index in [1.54, 1.807) is 12.1 Å². The van der Waals surface area contributed by atoms with Crippen LogP contribution in [-0.4, -0.2) is 45.5 Å². The molecule has 1 aliphatic heterocycles. The van der Waals surface area contributed by atoms with Gasteiger partial charge < -0.3 is 25.2 Å². The number of phenolic OH excluding ortho intramolecular Hbond substituents is 1. The molecule has 2 amide bonds. The van der Waals surface area contributed by atoms with Gasteiger partial charge in [-0.3, -0.25) is 0 Å². The van der Waals surface area contributed by atoms with Crippen LogP contribution in [0.25, 0.3) is 0 Å². The molecule has 10 heteroatoms. The zero-order chi connectivity index (χ0) is 24.5. The maximum atomic E-state index is 13.3. The lowest BCUT2D eigenvalue weighted by Gasteiger charge is -2.29. The van der Waals surface area contributed by atoms with Crippen molar-refractivity contribution in [3.8, 4) is 11.5 Å². The van der Waals surface area contributed by atoms with Crippen LogP contribution in [0.3, 0.4) is 0 Å². The van der Waals surface area contributed by atoms with Gasteiger partial charge in [-0.25, -0.2) is 18.0 Å². The number of rotatable bonds is 6. The molecule has 9 nitrogen and oxygen atoms in total. The second-order valence-electron chi connectivity index (χ2n) is 8.24. The summed E-state index contributed by atoms with van der Waals surface area (Å²) in [7, 11) is -1.34. The highest BCUT2D eigenvalue weighted by Gasteiger charge is 2.36. The van der Waals surface area contributed by atoms with E-state index in [1.807, 2.05) is 6.07 Å². The number of fused-ring (bicyclic) bond motifs is 1. The Morgan fingerprint density at radius 1 is 1.09 bits per heavy atom. The number of sulfone groups is 1. The van der Waals surface area contributed by atoms with Crippen LogP contribution in [0.15, 0.2) is 52.6 Å². The van der Waals surface area contributed by atoms with Crippen LogP contribution in [0.5, 0.6) is 11.5 Å². The van der Waals surface area contributed by atoms with E-state index < -0.39 is 33.6 Å². The summed E-state index contributed by atoms with van der Waals surface area (Å²) in [6, 6.07) is 7.75. The van der Waals surface area contributed by atoms with E-state index in [2.05, 4.69) is 10.6 Å². The van der Waals surface area contributed by atoms with E-state index in [0.717, 1.165) is 36.8 Å². The van der Waals surface area contributed by atoms with Crippen molar-refractivity contribution < 1.29 is 32.6 Å². The average Bonchev–Trinajstić information content (AvgIpc) is 2.83. The van der Waals surface area contributed by atoms with E-state index in [9.17, 15) is 23.1 Å². The fraction of sp³-hybridized carbons (Fsp3) is 0.333. The van der Waals surface area contributed by atoms with Crippen LogP contribution in [0, 0.1) is 0 Å². The van der Waals surface area contributed by atoms with E-state index >= 15 is 0 Å². The number of esters is 1. The molecule has 4 rings (SSSR count). The quantitative estimate of drug-likeness (QED) is 0.535. The van der Waals surface area contributed by atoms with Crippen molar-refractivity contribution in [3.05, 3.63) is 64.4 Å². The SMILES string of the molecule is COC(=O)C1=C(CS(=O)(=O)c2ccc3c(c2)CCCC3)NC(=O)NC1c1ccc(O)c(OC)c1. The fourth-order valence-corrected chi connectivity index (χ4v) is 5.75. The number of hydrogen-bond acceptors (Lipinski definition) is 7. The van der Waals surface area contributed by atoms with Gasteiger partial charge in [0.2, 0.25) is 0 Å². The number of nitrogens with one attached hydrogen (secondary N) is 2. The minimum Gasteiger partial charge on any atom is -0.504 e. The largest absolute Gasteiger partial charge is 0.504 e. The highest BCUT2D eigenvalue weighted by molar-refractivity contribution is 7.91. The maximum absolute atomic E-state index is 13.3. The summed E-state index contributed by atoms with van der Waals surface area (Å²) in [5.41, 5.74) is 2.46. The zero-order valence-corrected chi connectivity index (χ0v) is 19.7. The van der Waals surface area contributed by atoms with E-state index in [0.29, 0.717) is 5.56 Å². The van der Waals surface area contributed by atoms with Crippen molar-refractivity contribution in [2.45, 2.75) is 36.6 Å². The Bertz CT molecular complexity index is 1280. The Morgan fingerprint density at radius 2 is 1.82 bits per heavy atom. The van der Waals surface area contributed by atoms with Crippen LogP contribution in [-0.2, 0) is 32.2 Å². The van der Waals surface area contributed by atoms with Gasteiger partial charge in [-0.15, -0.1) is 0 Å². The predicted molar refractivity (Wildman–Crippen MR) is 123 cm³/mol. The molecule has 0 fully saturated rings. The van der Waals surface area contributed by atoms with Crippen LogP contribution in [0.2, 0.25) is 0 Å². The van der Waals surface area contributed by atoms with Crippen molar-refractivity contribution in [3.63, 3.8) is 0 Å². The monoisotopic (exact) mass is 486 g/mol. The Balaban J connectivity index is 1.77. The Morgan fingerprint density at radius 3 is 2.53 bits per heavy atom. The van der Waals surface area contributed by atoms with Gasteiger partial charge >= 0.3 is 12.0 Å². The molecule has 3 N–H and O–H groups in total. The molecule has 0 radical (unpaired) electrons. The van der Waals surface area contributed by atoms with Crippen molar-refractivity contribution in [1.82, 2.24) is 10.6 Å². The van der Waals surface area contributed by atoms with Crippen LogP contribution in [0.4, 0.5) is 4.79 Å². The van der Waals surface area contributed by atoms with Crippen LogP contribution in [0.1, 0.15) is 35.6 Å². The third kappa shape index (κ3) is 4.58. The highest BCUT2D eigenvalue weighted by Crippen LogP contribution is 2.34. The number of urea groups is 1. The molecular formula is C24H26N2O7S. The number of carbonyl (C=O) groups is 2. The smallest absolute Gasteiger partial charge is 0.338 e. The molecule has 1 atom stereocenters. The number of amides is 2. The van der Waals surface area contributed by atoms with Gasteiger partial charge in [0.05, 0.1) is 36.5 Å². The molecule has 0 saturated carbocycles. The van der Waals surface area contributed by atoms with Gasteiger partial charge in [-0.2, -0.15) is 0 Å². The molecular weight excluding hydrogens is 460 g/mol. The van der Waals surface area contributed by atoms with Gasteiger partial charge in [-0.05, 0) is 66.6 Å². The van der Waals surface area contributed by atoms with E-state index in [-0.39, 0.29) is 27.7 Å². The second kappa shape index (κ2) is 9.38. The molecule has 0 spiro atoms. The summed E-state index contributed by atoms with van der Waals surface area (Å²) < 4.78 is 36.7. The van der Waals surface area contributed by atoms with Gasteiger partial charge in [0.1, 0.15) is 0 Å². The lowest BCUT2D eigenvalue weighted by molar-refractivity contribution is -0.136. The summed E-state index contributed by atoms with van der Waals surface area (Å²) in [5, 5.41) is 15.0. The number of benzene rings is 2. The first kappa shape index (κ1) is 23.6. The third-order valence-corrected chi connectivity index (χ3v) is 7.75. The van der Waals surface area contributed by atoms with Gasteiger partial charge in [0.25, 0.3) is 0 Å². The second-order valence-corrected chi connectivity index (χ2v) is 10.2. The highest BCUT2D eigenvalue weighted by atomic mass is 32.2. The van der Waals surface area contributed by atoms with Gasteiger partial charge in [0.15, 0.2) is 21.3 Å². The van der Waals surface area contributed by atoms with Crippen LogP contribution < -0.4 is 15.4 Å². The standard InChI is InChI=1S/C24H26N2O7S/c1-32-20-12-16(8-10-19(20)27)22-21(23(28)33-2)18(25-24(29)26-22)13-34(30,31)17-9-7-14-5-3-4-6-15(14)11-17/h7-12,22,27H,3-6,13H2,1-2H3,(H2,25,26,29). The molecule has 2 aliphatic rings. The first-order valence-electron chi connectivity index (χ1n) is 10.8. The van der Waals surface area contributed by atoms with Crippen LogP contribution >= 0.6 is 0 Å². The zero-order valence-electron chi connectivity index (χ0n) is 18.9. The van der Waals surface area contributed by atoms with E-state index in [4.69, 9.17) is 9.47 Å². The average molecular weight is 487 g/mol. The van der Waals surface area contributed by atoms with Crippen molar-refractivity contribution in [2.24, 2.45) is 0 Å². The molecule has 180 valence electrons. The summed E-state index contributed by atoms with van der Waals surface area (Å²) in [4.78, 5) is 25.4. The molecule has 1 heterocycles. The number of ether oxygens (including phenoxy) is 2. The topological polar surface area (TPSA) is 131 Å². The molecule has 34 heavy (non-hydrogen) atoms. The fourth-order valence-electron chi connectivity index (χ4n) is 4.38.